The molecule has 1 aromatic heterocycles. The average molecular weight is 892 g/mol. The first-order valence-corrected chi connectivity index (χ1v) is 24.2. The number of para-hydroxylation sites is 2. The van der Waals surface area contributed by atoms with Crippen molar-refractivity contribution >= 4 is 82.6 Å². The van der Waals surface area contributed by atoms with Gasteiger partial charge in [-0.1, -0.05) is 200 Å². The molecule has 0 radical (unpaired) electrons. The Hall–Kier alpha value is -9.18. The molecular formula is C67H45N3. The van der Waals surface area contributed by atoms with E-state index in [1.165, 1.54) is 76.4 Å². The number of rotatable bonds is 8. The quantitative estimate of drug-likeness (QED) is 0.151. The van der Waals surface area contributed by atoms with Crippen molar-refractivity contribution < 1.29 is 0 Å². The summed E-state index contributed by atoms with van der Waals surface area (Å²) in [6.07, 6.45) is 0. The minimum Gasteiger partial charge on any atom is -0.323 e. The summed E-state index contributed by atoms with van der Waals surface area (Å²) in [6.45, 7) is 0. The second-order valence-electron chi connectivity index (χ2n) is 18.5. The highest BCUT2D eigenvalue weighted by Gasteiger charge is 2.50. The van der Waals surface area contributed by atoms with E-state index >= 15 is 0 Å². The molecule has 1 unspecified atom stereocenters. The fourth-order valence-electron chi connectivity index (χ4n) is 11.7. The van der Waals surface area contributed by atoms with Gasteiger partial charge in [0, 0.05) is 44.6 Å². The summed E-state index contributed by atoms with van der Waals surface area (Å²) in [5.74, 6) is 0. The van der Waals surface area contributed by atoms with Crippen LogP contribution in [0.15, 0.2) is 273 Å². The number of hydrogen-bond donors (Lipinski definition) is 0. The number of hydrogen-bond acceptors (Lipinski definition) is 2. The first-order valence-electron chi connectivity index (χ1n) is 24.2. The molecule has 0 N–H and O–H groups in total. The van der Waals surface area contributed by atoms with Crippen LogP contribution in [0, 0.1) is 0 Å². The molecule has 0 bridgehead atoms. The van der Waals surface area contributed by atoms with Gasteiger partial charge in [0.05, 0.1) is 16.7 Å². The van der Waals surface area contributed by atoms with Crippen molar-refractivity contribution in [1.29, 1.82) is 0 Å². The van der Waals surface area contributed by atoms with E-state index in [-0.39, 0.29) is 0 Å². The molecule has 3 heteroatoms. The van der Waals surface area contributed by atoms with Crippen LogP contribution >= 0.6 is 0 Å². The molecule has 0 aliphatic heterocycles. The van der Waals surface area contributed by atoms with Gasteiger partial charge in [0.2, 0.25) is 0 Å². The molecule has 0 saturated carbocycles. The third kappa shape index (κ3) is 6.08. The first kappa shape index (κ1) is 39.9. The van der Waals surface area contributed by atoms with Crippen LogP contribution in [0.4, 0.5) is 28.4 Å². The van der Waals surface area contributed by atoms with E-state index in [1.807, 2.05) is 0 Å². The van der Waals surface area contributed by atoms with Crippen molar-refractivity contribution in [3.05, 3.63) is 290 Å². The minimum atomic E-state index is -0.785. The number of anilines is 5. The highest BCUT2D eigenvalue weighted by atomic mass is 15.2. The van der Waals surface area contributed by atoms with Crippen LogP contribution in [0.3, 0.4) is 0 Å². The monoisotopic (exact) mass is 891 g/mol. The minimum absolute atomic E-state index is 0.785. The molecule has 1 heterocycles. The summed E-state index contributed by atoms with van der Waals surface area (Å²) in [5.41, 5.74) is 14.2. The van der Waals surface area contributed by atoms with Crippen molar-refractivity contribution in [2.45, 2.75) is 5.54 Å². The number of benzene rings is 12. The predicted octanol–water partition coefficient (Wildman–Crippen LogP) is 17.8. The largest absolute Gasteiger partial charge is 0.323 e. The molecule has 0 fully saturated rings. The number of nitrogens with zero attached hydrogens (tertiary/aromatic N) is 3. The van der Waals surface area contributed by atoms with Gasteiger partial charge in [-0.25, -0.2) is 0 Å². The Kier molecular flexibility index (Phi) is 9.11. The van der Waals surface area contributed by atoms with Crippen LogP contribution in [-0.2, 0) is 5.54 Å². The van der Waals surface area contributed by atoms with E-state index in [2.05, 4.69) is 287 Å². The van der Waals surface area contributed by atoms with E-state index in [0.717, 1.165) is 39.6 Å². The molecule has 0 spiro atoms. The molecule has 1 aliphatic carbocycles. The Balaban J connectivity index is 1.07. The predicted molar refractivity (Wildman–Crippen MR) is 295 cm³/mol. The van der Waals surface area contributed by atoms with Crippen LogP contribution in [-0.4, -0.2) is 4.57 Å². The highest BCUT2D eigenvalue weighted by Crippen LogP contribution is 2.59. The van der Waals surface area contributed by atoms with Crippen molar-refractivity contribution in [2.75, 3.05) is 9.80 Å². The molecule has 3 nitrogen and oxygen atoms in total. The lowest BCUT2D eigenvalue weighted by Crippen LogP contribution is -2.44. The summed E-state index contributed by atoms with van der Waals surface area (Å²) >= 11 is 0. The van der Waals surface area contributed by atoms with Gasteiger partial charge < -0.3 is 14.4 Å². The molecule has 70 heavy (non-hydrogen) atoms. The topological polar surface area (TPSA) is 11.4 Å². The van der Waals surface area contributed by atoms with Gasteiger partial charge in [-0.2, -0.15) is 0 Å². The van der Waals surface area contributed by atoms with Crippen molar-refractivity contribution in [3.8, 4) is 16.8 Å². The van der Waals surface area contributed by atoms with Crippen LogP contribution in [0.25, 0.3) is 70.9 Å². The lowest BCUT2D eigenvalue weighted by molar-refractivity contribution is 0.644. The Bertz CT molecular complexity index is 4150. The zero-order valence-corrected chi connectivity index (χ0v) is 38.3. The van der Waals surface area contributed by atoms with Crippen LogP contribution in [0.1, 0.15) is 16.7 Å². The summed E-state index contributed by atoms with van der Waals surface area (Å²) in [7, 11) is 0. The molecule has 0 amide bonds. The lowest BCUT2D eigenvalue weighted by atomic mass is 9.78. The lowest BCUT2D eigenvalue weighted by Gasteiger charge is -2.45. The van der Waals surface area contributed by atoms with Gasteiger partial charge in [-0.3, -0.25) is 0 Å². The van der Waals surface area contributed by atoms with E-state index in [4.69, 9.17) is 0 Å². The van der Waals surface area contributed by atoms with Crippen LogP contribution < -0.4 is 9.80 Å². The molecular weight excluding hydrogens is 847 g/mol. The maximum Gasteiger partial charge on any atom is 0.122 e. The fraction of sp³-hybridized carbons (Fsp3) is 0.0149. The second kappa shape index (κ2) is 16.0. The first-order chi connectivity index (χ1) is 34.7. The molecule has 13 aromatic rings. The Morgan fingerprint density at radius 2 is 0.814 bits per heavy atom. The Morgan fingerprint density at radius 3 is 1.60 bits per heavy atom. The Labute approximate surface area is 407 Å². The van der Waals surface area contributed by atoms with Crippen LogP contribution in [0.2, 0.25) is 0 Å². The number of fused-ring (bicyclic) bond motifs is 9. The zero-order valence-electron chi connectivity index (χ0n) is 38.3. The standard InChI is InChI=1S/C67H45N3/c1-3-24-51(25-4-1)67(70(52-26-5-2-6-27-52)56-37-35-47-19-8-10-22-50(47)43-56)62-31-15-13-29-58(62)59-40-38-54(44-63(59)67)68(53-36-34-46-18-7-9-21-49(46)42-53)55-39-41-61-60-30-14-16-32-65(60)69(66(61)45-55)64-33-17-23-48-20-11-12-28-57(48)64/h1-45H. The summed E-state index contributed by atoms with van der Waals surface area (Å²) < 4.78 is 2.47. The molecule has 12 aromatic carbocycles. The van der Waals surface area contributed by atoms with E-state index in [0.29, 0.717) is 0 Å². The smallest absolute Gasteiger partial charge is 0.122 e. The normalized spacial score (nSPS) is 14.1. The van der Waals surface area contributed by atoms with Crippen molar-refractivity contribution in [2.24, 2.45) is 0 Å². The van der Waals surface area contributed by atoms with Crippen molar-refractivity contribution in [3.63, 3.8) is 0 Å². The second-order valence-corrected chi connectivity index (χ2v) is 18.5. The summed E-state index contributed by atoms with van der Waals surface area (Å²) in [6, 6.07) is 101. The van der Waals surface area contributed by atoms with E-state index in [9.17, 15) is 0 Å². The maximum atomic E-state index is 2.60. The van der Waals surface area contributed by atoms with Gasteiger partial charge in [-0.15, -0.1) is 0 Å². The van der Waals surface area contributed by atoms with Gasteiger partial charge in [-0.05, 0) is 128 Å². The van der Waals surface area contributed by atoms with Gasteiger partial charge in [0.1, 0.15) is 5.54 Å². The average Bonchev–Trinajstić information content (AvgIpc) is 3.92. The molecule has 328 valence electrons. The third-order valence-electron chi connectivity index (χ3n) is 14.7. The van der Waals surface area contributed by atoms with E-state index < -0.39 is 5.54 Å². The number of aromatic nitrogens is 1. The summed E-state index contributed by atoms with van der Waals surface area (Å²) in [5, 5.41) is 9.68. The van der Waals surface area contributed by atoms with E-state index in [1.54, 1.807) is 0 Å². The fourth-order valence-corrected chi connectivity index (χ4v) is 11.7. The molecule has 1 atom stereocenters. The van der Waals surface area contributed by atoms with Crippen molar-refractivity contribution in [1.82, 2.24) is 4.57 Å². The molecule has 0 saturated heterocycles. The van der Waals surface area contributed by atoms with Crippen LogP contribution in [0.5, 0.6) is 0 Å². The van der Waals surface area contributed by atoms with Gasteiger partial charge in [0.25, 0.3) is 0 Å². The maximum absolute atomic E-state index is 2.60. The zero-order chi connectivity index (χ0) is 46.2. The highest BCUT2D eigenvalue weighted by molar-refractivity contribution is 6.12. The van der Waals surface area contributed by atoms with Gasteiger partial charge >= 0.3 is 0 Å². The summed E-state index contributed by atoms with van der Waals surface area (Å²) in [4.78, 5) is 5.07. The molecule has 1 aliphatic rings. The third-order valence-corrected chi connectivity index (χ3v) is 14.7. The molecule has 14 rings (SSSR count). The SMILES string of the molecule is c1ccc(N(c2ccc3ccccc3c2)C2(c3ccccc3)c3ccccc3-c3ccc(N(c4ccc5ccccc5c4)c4ccc5c6ccccc6n(-c6cccc7ccccc67)c5c4)cc32)cc1. The van der Waals surface area contributed by atoms with Gasteiger partial charge in [0.15, 0.2) is 0 Å². The Morgan fingerprint density at radius 1 is 0.286 bits per heavy atom.